The summed E-state index contributed by atoms with van der Waals surface area (Å²) >= 11 is 1.33. The second kappa shape index (κ2) is 7.82. The van der Waals surface area contributed by atoms with Crippen molar-refractivity contribution in [3.63, 3.8) is 0 Å². The maximum Gasteiger partial charge on any atom is 0.323 e. The molecule has 0 saturated heterocycles. The lowest BCUT2D eigenvalue weighted by molar-refractivity contribution is -0.144. The van der Waals surface area contributed by atoms with Crippen LogP contribution in [0.2, 0.25) is 0 Å². The molecule has 122 valence electrons. The van der Waals surface area contributed by atoms with E-state index >= 15 is 0 Å². The molecule has 0 spiro atoms. The molecule has 0 aliphatic carbocycles. The minimum absolute atomic E-state index is 0.0686. The molecule has 0 atom stereocenters. The first kappa shape index (κ1) is 17.1. The molecule has 1 heterocycles. The fourth-order valence-electron chi connectivity index (χ4n) is 2.11. The van der Waals surface area contributed by atoms with Crippen LogP contribution in [0.5, 0.6) is 0 Å². The third-order valence-electron chi connectivity index (χ3n) is 3.17. The lowest BCUT2D eigenvalue weighted by Gasteiger charge is -2.19. The topological polar surface area (TPSA) is 70.5 Å². The van der Waals surface area contributed by atoms with Crippen molar-refractivity contribution >= 4 is 23.2 Å². The summed E-state index contributed by atoms with van der Waals surface area (Å²) in [5.74, 6) is -1.60. The van der Waals surface area contributed by atoms with Gasteiger partial charge in [-0.2, -0.15) is 0 Å². The summed E-state index contributed by atoms with van der Waals surface area (Å²) in [7, 11) is 0. The van der Waals surface area contributed by atoms with E-state index < -0.39 is 5.97 Å². The first-order chi connectivity index (χ1) is 11.0. The maximum atomic E-state index is 12.9. The van der Waals surface area contributed by atoms with Crippen molar-refractivity contribution in [3.05, 3.63) is 40.5 Å². The van der Waals surface area contributed by atoms with Crippen molar-refractivity contribution in [2.45, 2.75) is 19.8 Å². The summed E-state index contributed by atoms with van der Waals surface area (Å²) in [5, 5.41) is 11.3. The van der Waals surface area contributed by atoms with Crippen LogP contribution in [0.25, 0.3) is 11.3 Å². The molecule has 0 aliphatic heterocycles. The molecule has 0 saturated carbocycles. The van der Waals surface area contributed by atoms with E-state index in [1.54, 1.807) is 17.5 Å². The van der Waals surface area contributed by atoms with Gasteiger partial charge in [-0.15, -0.1) is 11.3 Å². The molecule has 1 aromatic heterocycles. The minimum Gasteiger partial charge on any atom is -0.480 e. The highest BCUT2D eigenvalue weighted by Crippen LogP contribution is 2.22. The second-order valence-corrected chi connectivity index (χ2v) is 5.96. The Hall–Kier alpha value is -2.28. The molecule has 2 rings (SSSR count). The molecule has 2 aromatic rings. The number of hydrogen-bond acceptors (Lipinski definition) is 4. The quantitative estimate of drug-likeness (QED) is 0.844. The molecule has 0 bridgehead atoms. The molecule has 23 heavy (non-hydrogen) atoms. The van der Waals surface area contributed by atoms with Gasteiger partial charge in [-0.25, -0.2) is 9.37 Å². The number of hydrogen-bond donors (Lipinski definition) is 1. The number of rotatable bonds is 7. The zero-order valence-electron chi connectivity index (χ0n) is 12.7. The number of carboxylic acids is 1. The third kappa shape index (κ3) is 4.85. The number of aliphatic carboxylic acids is 1. The zero-order chi connectivity index (χ0) is 16.8. The van der Waals surface area contributed by atoms with Crippen molar-refractivity contribution in [3.8, 4) is 11.3 Å². The van der Waals surface area contributed by atoms with Crippen LogP contribution >= 0.6 is 11.3 Å². The molecule has 1 aromatic carbocycles. The minimum atomic E-state index is -1.03. The Morgan fingerprint density at radius 2 is 2.00 bits per heavy atom. The highest BCUT2D eigenvalue weighted by atomic mass is 32.1. The Bertz CT molecular complexity index is 685. The molecule has 0 unspecified atom stereocenters. The highest BCUT2D eigenvalue weighted by Gasteiger charge is 2.18. The molecule has 5 nitrogen and oxygen atoms in total. The van der Waals surface area contributed by atoms with Crippen LogP contribution in [0.3, 0.4) is 0 Å². The van der Waals surface area contributed by atoms with Crippen molar-refractivity contribution in [2.24, 2.45) is 0 Å². The van der Waals surface area contributed by atoms with Crippen LogP contribution in [0.1, 0.15) is 18.4 Å². The Balaban J connectivity index is 2.06. The summed E-state index contributed by atoms with van der Waals surface area (Å²) < 4.78 is 12.9. The number of aromatic nitrogens is 1. The molecule has 0 aliphatic rings. The van der Waals surface area contributed by atoms with Crippen LogP contribution in [0.4, 0.5) is 4.39 Å². The number of carbonyl (C=O) groups is 2. The molecule has 1 N–H and O–H groups in total. The second-order valence-electron chi connectivity index (χ2n) is 5.02. The third-order valence-corrected chi connectivity index (χ3v) is 4.02. The van der Waals surface area contributed by atoms with E-state index in [0.717, 1.165) is 5.56 Å². The number of carboxylic acid groups (broad SMARTS) is 1. The summed E-state index contributed by atoms with van der Waals surface area (Å²) in [5.41, 5.74) is 1.45. The SMILES string of the molecule is CCCN(CC(=O)O)C(=O)Cc1nc(-c2ccc(F)cc2)cs1. The van der Waals surface area contributed by atoms with Gasteiger partial charge in [0.2, 0.25) is 5.91 Å². The Morgan fingerprint density at radius 3 is 2.61 bits per heavy atom. The number of halogens is 1. The molecular formula is C16H17FN2O3S. The predicted molar refractivity (Wildman–Crippen MR) is 85.7 cm³/mol. The number of thiazole rings is 1. The smallest absolute Gasteiger partial charge is 0.323 e. The van der Waals surface area contributed by atoms with E-state index in [2.05, 4.69) is 4.98 Å². The maximum absolute atomic E-state index is 12.9. The average molecular weight is 336 g/mol. The number of carbonyl (C=O) groups excluding carboxylic acids is 1. The largest absolute Gasteiger partial charge is 0.480 e. The monoisotopic (exact) mass is 336 g/mol. The Kier molecular flexibility index (Phi) is 5.81. The molecule has 0 radical (unpaired) electrons. The molecular weight excluding hydrogens is 319 g/mol. The number of nitrogens with zero attached hydrogens (tertiary/aromatic N) is 2. The fraction of sp³-hybridized carbons (Fsp3) is 0.312. The summed E-state index contributed by atoms with van der Waals surface area (Å²) in [4.78, 5) is 28.7. The lowest BCUT2D eigenvalue weighted by atomic mass is 10.2. The van der Waals surface area contributed by atoms with Gasteiger partial charge in [0.1, 0.15) is 17.4 Å². The van der Waals surface area contributed by atoms with Crippen LogP contribution in [-0.4, -0.2) is 40.0 Å². The van der Waals surface area contributed by atoms with E-state index in [-0.39, 0.29) is 24.7 Å². The molecule has 0 fully saturated rings. The van der Waals surface area contributed by atoms with Gasteiger partial charge < -0.3 is 10.0 Å². The van der Waals surface area contributed by atoms with Gasteiger partial charge in [-0.05, 0) is 30.7 Å². The average Bonchev–Trinajstić information content (AvgIpc) is 2.95. The Labute approximate surface area is 137 Å². The van der Waals surface area contributed by atoms with Gasteiger partial charge in [0, 0.05) is 17.5 Å². The van der Waals surface area contributed by atoms with E-state index in [0.29, 0.717) is 23.7 Å². The van der Waals surface area contributed by atoms with Crippen LogP contribution in [0, 0.1) is 5.82 Å². The van der Waals surface area contributed by atoms with E-state index in [9.17, 15) is 14.0 Å². The Morgan fingerprint density at radius 1 is 1.30 bits per heavy atom. The first-order valence-corrected chi connectivity index (χ1v) is 8.07. The van der Waals surface area contributed by atoms with Gasteiger partial charge in [-0.1, -0.05) is 6.92 Å². The summed E-state index contributed by atoms with van der Waals surface area (Å²) in [6.45, 7) is 1.99. The van der Waals surface area contributed by atoms with Crippen LogP contribution in [0.15, 0.2) is 29.6 Å². The normalized spacial score (nSPS) is 10.5. The summed E-state index contributed by atoms with van der Waals surface area (Å²) in [6, 6.07) is 5.97. The predicted octanol–water partition coefficient (Wildman–Crippen LogP) is 2.81. The van der Waals surface area contributed by atoms with Crippen molar-refractivity contribution in [1.29, 1.82) is 0 Å². The van der Waals surface area contributed by atoms with Crippen molar-refractivity contribution in [1.82, 2.24) is 9.88 Å². The lowest BCUT2D eigenvalue weighted by Crippen LogP contribution is -2.37. The van der Waals surface area contributed by atoms with Gasteiger partial charge in [0.25, 0.3) is 0 Å². The first-order valence-electron chi connectivity index (χ1n) is 7.19. The number of amides is 1. The molecule has 7 heteroatoms. The van der Waals surface area contributed by atoms with Gasteiger partial charge >= 0.3 is 5.97 Å². The fourth-order valence-corrected chi connectivity index (χ4v) is 2.91. The van der Waals surface area contributed by atoms with Crippen molar-refractivity contribution < 1.29 is 19.1 Å². The van der Waals surface area contributed by atoms with Gasteiger partial charge in [0.05, 0.1) is 12.1 Å². The molecule has 1 amide bonds. The van der Waals surface area contributed by atoms with Crippen LogP contribution in [-0.2, 0) is 16.0 Å². The van der Waals surface area contributed by atoms with E-state index in [1.165, 1.54) is 28.4 Å². The van der Waals surface area contributed by atoms with Gasteiger partial charge in [0.15, 0.2) is 0 Å². The van der Waals surface area contributed by atoms with Gasteiger partial charge in [-0.3, -0.25) is 9.59 Å². The highest BCUT2D eigenvalue weighted by molar-refractivity contribution is 7.10. The van der Waals surface area contributed by atoms with Crippen LogP contribution < -0.4 is 0 Å². The number of benzene rings is 1. The zero-order valence-corrected chi connectivity index (χ0v) is 13.5. The standard InChI is InChI=1S/C16H17FN2O3S/c1-2-7-19(9-16(21)22)15(20)8-14-18-13(10-23-14)11-3-5-12(17)6-4-11/h3-6,10H,2,7-9H2,1H3,(H,21,22). The van der Waals surface area contributed by atoms with Crippen molar-refractivity contribution in [2.75, 3.05) is 13.1 Å². The van der Waals surface area contributed by atoms with E-state index in [1.807, 2.05) is 6.92 Å². The summed E-state index contributed by atoms with van der Waals surface area (Å²) in [6.07, 6.45) is 0.761. The van der Waals surface area contributed by atoms with E-state index in [4.69, 9.17) is 5.11 Å².